The quantitative estimate of drug-likeness (QED) is 0.899. The molecule has 2 aromatic rings. The summed E-state index contributed by atoms with van der Waals surface area (Å²) in [6.07, 6.45) is 7.81. The molecule has 4 rings (SSSR count). The van der Waals surface area contributed by atoms with Gasteiger partial charge in [0.1, 0.15) is 5.01 Å². The van der Waals surface area contributed by atoms with Crippen molar-refractivity contribution in [1.82, 2.24) is 19.8 Å². The Morgan fingerprint density at radius 2 is 2.22 bits per heavy atom. The smallest absolute Gasteiger partial charge is 0.180 e. The fourth-order valence-electron chi connectivity index (χ4n) is 3.91. The molecule has 3 heterocycles. The number of piperidine rings is 1. The second-order valence-corrected chi connectivity index (χ2v) is 8.99. The molecule has 2 N–H and O–H groups in total. The number of likely N-dealkylation sites (tertiary alicyclic amines) is 1. The average Bonchev–Trinajstić information content (AvgIpc) is 2.88. The summed E-state index contributed by atoms with van der Waals surface area (Å²) < 4.78 is 0. The van der Waals surface area contributed by atoms with Crippen molar-refractivity contribution in [2.75, 3.05) is 25.9 Å². The van der Waals surface area contributed by atoms with Crippen LogP contribution in [0.5, 0.6) is 0 Å². The number of nitrogen functional groups attached to an aromatic ring is 1. The van der Waals surface area contributed by atoms with Crippen molar-refractivity contribution >= 4 is 27.8 Å². The molecule has 1 saturated heterocycles. The van der Waals surface area contributed by atoms with Gasteiger partial charge in [0, 0.05) is 35.2 Å². The molecule has 1 saturated carbocycles. The molecule has 1 spiro atoms. The molecule has 5 nitrogen and oxygen atoms in total. The lowest BCUT2D eigenvalue weighted by molar-refractivity contribution is 0.140. The molecule has 1 aliphatic carbocycles. The number of aromatic nitrogens is 2. The maximum Gasteiger partial charge on any atom is 0.180 e. The van der Waals surface area contributed by atoms with E-state index >= 15 is 0 Å². The van der Waals surface area contributed by atoms with Crippen molar-refractivity contribution in [2.45, 2.75) is 38.4 Å². The predicted molar refractivity (Wildman–Crippen MR) is 95.5 cm³/mol. The van der Waals surface area contributed by atoms with Gasteiger partial charge in [-0.05, 0) is 44.8 Å². The van der Waals surface area contributed by atoms with E-state index in [-0.39, 0.29) is 0 Å². The van der Waals surface area contributed by atoms with Crippen LogP contribution >= 0.6 is 22.7 Å². The first-order chi connectivity index (χ1) is 11.1. The lowest BCUT2D eigenvalue weighted by Crippen LogP contribution is -2.37. The van der Waals surface area contributed by atoms with E-state index in [1.165, 1.54) is 42.2 Å². The number of hydrogen-bond donors (Lipinski definition) is 1. The zero-order valence-electron chi connectivity index (χ0n) is 13.4. The topological polar surface area (TPSA) is 58.3 Å². The van der Waals surface area contributed by atoms with Crippen LogP contribution in [0.2, 0.25) is 0 Å². The largest absolute Gasteiger partial charge is 0.375 e. The third-order valence-electron chi connectivity index (χ3n) is 5.35. The van der Waals surface area contributed by atoms with Gasteiger partial charge in [0.2, 0.25) is 0 Å². The summed E-state index contributed by atoms with van der Waals surface area (Å²) in [5, 5.41) is 3.98. The van der Waals surface area contributed by atoms with Crippen molar-refractivity contribution in [1.29, 1.82) is 0 Å². The SMILES string of the molecule is CN(Cc1nccs1)C1CC12CCN(Cc1cnc(N)s1)CC2. The summed E-state index contributed by atoms with van der Waals surface area (Å²) in [6, 6.07) is 0.743. The molecule has 0 radical (unpaired) electrons. The molecule has 1 unspecified atom stereocenters. The normalized spacial score (nSPS) is 23.7. The van der Waals surface area contributed by atoms with Crippen molar-refractivity contribution in [3.05, 3.63) is 27.7 Å². The molecule has 2 fully saturated rings. The Morgan fingerprint density at radius 1 is 1.39 bits per heavy atom. The highest BCUT2D eigenvalue weighted by atomic mass is 32.1. The van der Waals surface area contributed by atoms with Crippen LogP contribution in [-0.4, -0.2) is 45.9 Å². The first-order valence-electron chi connectivity index (χ1n) is 8.16. The lowest BCUT2D eigenvalue weighted by Gasteiger charge is -2.33. The van der Waals surface area contributed by atoms with Gasteiger partial charge in [-0.2, -0.15) is 0 Å². The highest BCUT2D eigenvalue weighted by Crippen LogP contribution is 2.56. The Balaban J connectivity index is 1.28. The van der Waals surface area contributed by atoms with Gasteiger partial charge in [-0.1, -0.05) is 0 Å². The van der Waals surface area contributed by atoms with Crippen LogP contribution in [0.15, 0.2) is 17.8 Å². The van der Waals surface area contributed by atoms with Gasteiger partial charge in [0.15, 0.2) is 5.13 Å². The number of nitrogens with two attached hydrogens (primary N) is 1. The summed E-state index contributed by atoms with van der Waals surface area (Å²) in [7, 11) is 2.26. The molecule has 2 aromatic heterocycles. The maximum atomic E-state index is 5.72. The minimum absolute atomic E-state index is 0.565. The number of thiazole rings is 2. The fraction of sp³-hybridized carbons (Fsp3) is 0.625. The summed E-state index contributed by atoms with van der Waals surface area (Å²) >= 11 is 3.37. The molecule has 1 atom stereocenters. The number of hydrogen-bond acceptors (Lipinski definition) is 7. The second kappa shape index (κ2) is 6.12. The van der Waals surface area contributed by atoms with Gasteiger partial charge in [-0.25, -0.2) is 9.97 Å². The van der Waals surface area contributed by atoms with E-state index in [2.05, 4.69) is 32.2 Å². The molecular formula is C16H23N5S2. The monoisotopic (exact) mass is 349 g/mol. The van der Waals surface area contributed by atoms with E-state index < -0.39 is 0 Å². The van der Waals surface area contributed by atoms with Crippen molar-refractivity contribution in [2.24, 2.45) is 5.41 Å². The zero-order valence-corrected chi connectivity index (χ0v) is 15.1. The predicted octanol–water partition coefficient (Wildman–Crippen LogP) is 2.67. The molecule has 124 valence electrons. The Bertz CT molecular complexity index is 645. The molecule has 2 aliphatic rings. The van der Waals surface area contributed by atoms with Gasteiger partial charge in [0.05, 0.1) is 6.54 Å². The third-order valence-corrected chi connectivity index (χ3v) is 6.93. The molecule has 23 heavy (non-hydrogen) atoms. The average molecular weight is 350 g/mol. The summed E-state index contributed by atoms with van der Waals surface area (Å²) in [6.45, 7) is 4.39. The van der Waals surface area contributed by atoms with Crippen molar-refractivity contribution < 1.29 is 0 Å². The Labute approximate surface area is 145 Å². The minimum atomic E-state index is 0.565. The van der Waals surface area contributed by atoms with Crippen LogP contribution in [0.1, 0.15) is 29.1 Å². The Morgan fingerprint density at radius 3 is 2.87 bits per heavy atom. The van der Waals surface area contributed by atoms with Crippen molar-refractivity contribution in [3.8, 4) is 0 Å². The van der Waals surface area contributed by atoms with Crippen LogP contribution < -0.4 is 5.73 Å². The highest BCUT2D eigenvalue weighted by molar-refractivity contribution is 7.15. The number of nitrogens with zero attached hydrogens (tertiary/aromatic N) is 4. The highest BCUT2D eigenvalue weighted by Gasteiger charge is 2.56. The van der Waals surface area contributed by atoms with Crippen molar-refractivity contribution in [3.63, 3.8) is 0 Å². The van der Waals surface area contributed by atoms with Gasteiger partial charge < -0.3 is 5.73 Å². The minimum Gasteiger partial charge on any atom is -0.375 e. The number of rotatable bonds is 5. The first-order valence-corrected chi connectivity index (χ1v) is 9.85. The van der Waals surface area contributed by atoms with E-state index in [0.29, 0.717) is 10.5 Å². The fourth-order valence-corrected chi connectivity index (χ4v) is 5.32. The van der Waals surface area contributed by atoms with Crippen LogP contribution in [0.4, 0.5) is 5.13 Å². The Kier molecular flexibility index (Phi) is 4.13. The summed E-state index contributed by atoms with van der Waals surface area (Å²) in [5.74, 6) is 0. The van der Waals surface area contributed by atoms with Gasteiger partial charge in [-0.15, -0.1) is 22.7 Å². The van der Waals surface area contributed by atoms with Gasteiger partial charge in [0.25, 0.3) is 0 Å². The van der Waals surface area contributed by atoms with E-state index in [1.807, 2.05) is 12.4 Å². The van der Waals surface area contributed by atoms with Crippen LogP contribution in [0, 0.1) is 5.41 Å². The standard InChI is InChI=1S/C16H23N5S2/c1-20(11-14-18-4-7-22-14)13-8-16(13)2-5-21(6-3-16)10-12-9-19-15(17)23-12/h4,7,9,13H,2-3,5-6,8,10-11H2,1H3,(H2,17,19). The number of anilines is 1. The van der Waals surface area contributed by atoms with Gasteiger partial charge >= 0.3 is 0 Å². The van der Waals surface area contributed by atoms with E-state index in [0.717, 1.165) is 19.1 Å². The maximum absolute atomic E-state index is 5.72. The lowest BCUT2D eigenvalue weighted by atomic mass is 9.92. The van der Waals surface area contributed by atoms with E-state index in [1.54, 1.807) is 22.7 Å². The second-order valence-electron chi connectivity index (χ2n) is 6.86. The Hall–Kier alpha value is -1.02. The third kappa shape index (κ3) is 3.28. The molecule has 1 aliphatic heterocycles. The van der Waals surface area contributed by atoms with Crippen LogP contribution in [0.3, 0.4) is 0 Å². The van der Waals surface area contributed by atoms with E-state index in [4.69, 9.17) is 5.73 Å². The molecule has 0 amide bonds. The van der Waals surface area contributed by atoms with Crippen LogP contribution in [-0.2, 0) is 13.1 Å². The molecule has 0 aromatic carbocycles. The van der Waals surface area contributed by atoms with Gasteiger partial charge in [-0.3, -0.25) is 9.80 Å². The summed E-state index contributed by atoms with van der Waals surface area (Å²) in [4.78, 5) is 14.9. The summed E-state index contributed by atoms with van der Waals surface area (Å²) in [5.41, 5.74) is 6.29. The zero-order chi connectivity index (χ0) is 15.9. The molecular weight excluding hydrogens is 326 g/mol. The molecule has 0 bridgehead atoms. The first kappa shape index (κ1) is 15.5. The molecule has 7 heteroatoms. The van der Waals surface area contributed by atoms with E-state index in [9.17, 15) is 0 Å². The van der Waals surface area contributed by atoms with Crippen LogP contribution in [0.25, 0.3) is 0 Å².